The predicted octanol–water partition coefficient (Wildman–Crippen LogP) is 5.66. The lowest BCUT2D eigenvalue weighted by atomic mass is 9.94. The van der Waals surface area contributed by atoms with E-state index < -0.39 is 35.1 Å². The molecular weight excluding hydrogens is 508 g/mol. The summed E-state index contributed by atoms with van der Waals surface area (Å²) in [6.07, 6.45) is 0. The molecule has 37 heavy (non-hydrogen) atoms. The number of aliphatic hydroxyl groups is 1. The second-order valence-electron chi connectivity index (χ2n) is 7.95. The minimum atomic E-state index is -1.31. The summed E-state index contributed by atoms with van der Waals surface area (Å²) in [7, 11) is 2.86. The van der Waals surface area contributed by atoms with Gasteiger partial charge in [-0.05, 0) is 55.0 Å². The molecule has 0 saturated carbocycles. The van der Waals surface area contributed by atoms with Crippen LogP contribution in [0.25, 0.3) is 5.76 Å². The smallest absolute Gasteiger partial charge is 0.300 e. The normalized spacial score (nSPS) is 16.7. The number of aliphatic hydroxyl groups excluding tert-OH is 1. The van der Waals surface area contributed by atoms with Crippen molar-refractivity contribution in [1.82, 2.24) is 0 Å². The summed E-state index contributed by atoms with van der Waals surface area (Å²) in [5.74, 6) is -3.71. The Labute approximate surface area is 216 Å². The Bertz CT molecular complexity index is 1420. The molecule has 1 aliphatic heterocycles. The van der Waals surface area contributed by atoms with E-state index in [1.165, 1.54) is 32.4 Å². The molecule has 0 aromatic heterocycles. The molecule has 1 unspecified atom stereocenters. The summed E-state index contributed by atoms with van der Waals surface area (Å²) in [6.45, 7) is 2.04. The Kier molecular flexibility index (Phi) is 7.35. The van der Waals surface area contributed by atoms with Crippen LogP contribution in [0.3, 0.4) is 0 Å². The second-order valence-corrected chi connectivity index (χ2v) is 8.36. The summed E-state index contributed by atoms with van der Waals surface area (Å²) >= 11 is 6.31. The third-order valence-electron chi connectivity index (χ3n) is 5.85. The first-order valence-electron chi connectivity index (χ1n) is 11.1. The number of amides is 1. The van der Waals surface area contributed by atoms with Crippen LogP contribution in [-0.4, -0.2) is 37.6 Å². The van der Waals surface area contributed by atoms with E-state index in [-0.39, 0.29) is 28.5 Å². The van der Waals surface area contributed by atoms with Crippen LogP contribution in [0.4, 0.5) is 14.5 Å². The molecule has 1 N–H and O–H groups in total. The monoisotopic (exact) mass is 529 g/mol. The average molecular weight is 530 g/mol. The fourth-order valence-corrected chi connectivity index (χ4v) is 4.37. The number of hydrogen-bond acceptors (Lipinski definition) is 6. The number of carbonyl (C=O) groups excluding carboxylic acids is 2. The van der Waals surface area contributed by atoms with Crippen molar-refractivity contribution in [3.05, 3.63) is 88.0 Å². The van der Waals surface area contributed by atoms with Crippen LogP contribution in [0.1, 0.15) is 24.1 Å². The standard InChI is InChI=1S/C27H22ClF2NO6/c1-4-37-22-11-14(5-10-21(22)36-3)24-23(25(32)17-13-16(35-2)7-8-18(17)28)26(33)27(34)31(24)20-9-6-15(29)12-19(20)30/h5-13,24,32H,4H2,1-3H3/b25-23+. The molecule has 0 bridgehead atoms. The van der Waals surface area contributed by atoms with E-state index in [2.05, 4.69) is 0 Å². The van der Waals surface area contributed by atoms with Gasteiger partial charge in [-0.2, -0.15) is 0 Å². The van der Waals surface area contributed by atoms with Crippen molar-refractivity contribution in [3.63, 3.8) is 0 Å². The quantitative estimate of drug-likeness (QED) is 0.241. The van der Waals surface area contributed by atoms with E-state index in [1.807, 2.05) is 0 Å². The van der Waals surface area contributed by atoms with Crippen molar-refractivity contribution in [1.29, 1.82) is 0 Å². The summed E-state index contributed by atoms with van der Waals surface area (Å²) in [6, 6.07) is 10.3. The first-order valence-corrected chi connectivity index (χ1v) is 11.5. The van der Waals surface area contributed by atoms with Crippen molar-refractivity contribution in [2.75, 3.05) is 25.7 Å². The number of carbonyl (C=O) groups is 2. The van der Waals surface area contributed by atoms with Crippen LogP contribution >= 0.6 is 11.6 Å². The fourth-order valence-electron chi connectivity index (χ4n) is 4.16. The van der Waals surface area contributed by atoms with Crippen LogP contribution in [0.2, 0.25) is 5.02 Å². The predicted molar refractivity (Wildman–Crippen MR) is 133 cm³/mol. The zero-order valence-corrected chi connectivity index (χ0v) is 20.8. The molecule has 1 heterocycles. The summed E-state index contributed by atoms with van der Waals surface area (Å²) in [5.41, 5.74) is -0.371. The van der Waals surface area contributed by atoms with E-state index in [9.17, 15) is 23.5 Å². The third-order valence-corrected chi connectivity index (χ3v) is 6.18. The van der Waals surface area contributed by atoms with Gasteiger partial charge in [-0.3, -0.25) is 14.5 Å². The molecule has 7 nitrogen and oxygen atoms in total. The number of halogens is 3. The number of hydrogen-bond donors (Lipinski definition) is 1. The molecule has 0 aliphatic carbocycles. The highest BCUT2D eigenvalue weighted by Gasteiger charge is 2.48. The zero-order chi connectivity index (χ0) is 26.9. The first-order chi connectivity index (χ1) is 17.7. The molecule has 4 rings (SSSR count). The van der Waals surface area contributed by atoms with Crippen molar-refractivity contribution in [2.24, 2.45) is 0 Å². The lowest BCUT2D eigenvalue weighted by molar-refractivity contribution is -0.132. The van der Waals surface area contributed by atoms with Crippen molar-refractivity contribution in [3.8, 4) is 17.2 Å². The van der Waals surface area contributed by atoms with Gasteiger partial charge in [0, 0.05) is 11.6 Å². The SMILES string of the molecule is CCOc1cc(C2/C(=C(\O)c3cc(OC)ccc3Cl)C(=O)C(=O)N2c2ccc(F)cc2F)ccc1OC. The largest absolute Gasteiger partial charge is 0.507 e. The minimum Gasteiger partial charge on any atom is -0.507 e. The minimum absolute atomic E-state index is 0.0298. The van der Waals surface area contributed by atoms with Crippen molar-refractivity contribution < 1.29 is 37.7 Å². The molecule has 3 aromatic rings. The van der Waals surface area contributed by atoms with Crippen LogP contribution < -0.4 is 19.1 Å². The summed E-state index contributed by atoms with van der Waals surface area (Å²) in [5, 5.41) is 11.4. The van der Waals surface area contributed by atoms with Gasteiger partial charge < -0.3 is 19.3 Å². The van der Waals surface area contributed by atoms with Gasteiger partial charge in [0.2, 0.25) is 0 Å². The van der Waals surface area contributed by atoms with E-state index >= 15 is 0 Å². The van der Waals surface area contributed by atoms with Gasteiger partial charge in [-0.15, -0.1) is 0 Å². The highest BCUT2D eigenvalue weighted by Crippen LogP contribution is 2.45. The number of ketones is 1. The van der Waals surface area contributed by atoms with E-state index in [0.717, 1.165) is 17.0 Å². The summed E-state index contributed by atoms with van der Waals surface area (Å²) in [4.78, 5) is 27.5. The molecule has 1 amide bonds. The van der Waals surface area contributed by atoms with Gasteiger partial charge in [0.25, 0.3) is 11.7 Å². The molecule has 0 radical (unpaired) electrons. The highest BCUT2D eigenvalue weighted by atomic mass is 35.5. The van der Waals surface area contributed by atoms with Crippen LogP contribution in [0.5, 0.6) is 17.2 Å². The molecular formula is C27H22ClF2NO6. The number of rotatable bonds is 7. The Balaban J connectivity index is 2.02. The number of methoxy groups -OCH3 is 2. The highest BCUT2D eigenvalue weighted by molar-refractivity contribution is 6.52. The van der Waals surface area contributed by atoms with E-state index in [1.54, 1.807) is 25.1 Å². The van der Waals surface area contributed by atoms with E-state index in [4.69, 9.17) is 25.8 Å². The number of Topliss-reactive ketones (excluding diaryl/α,β-unsaturated/α-hetero) is 1. The van der Waals surface area contributed by atoms with Gasteiger partial charge in [0.05, 0.1) is 43.2 Å². The maximum absolute atomic E-state index is 14.9. The Morgan fingerprint density at radius 1 is 1.00 bits per heavy atom. The fraction of sp³-hybridized carbons (Fsp3) is 0.185. The number of ether oxygens (including phenoxy) is 3. The van der Waals surface area contributed by atoms with Gasteiger partial charge in [0.15, 0.2) is 11.5 Å². The topological polar surface area (TPSA) is 85.3 Å². The van der Waals surface area contributed by atoms with Gasteiger partial charge in [-0.25, -0.2) is 8.78 Å². The van der Waals surface area contributed by atoms with Gasteiger partial charge >= 0.3 is 0 Å². The molecule has 1 saturated heterocycles. The maximum atomic E-state index is 14.9. The maximum Gasteiger partial charge on any atom is 0.300 e. The number of nitrogens with zero attached hydrogens (tertiary/aromatic N) is 1. The molecule has 10 heteroatoms. The third kappa shape index (κ3) is 4.70. The van der Waals surface area contributed by atoms with Gasteiger partial charge in [0.1, 0.15) is 23.1 Å². The Morgan fingerprint density at radius 2 is 1.76 bits per heavy atom. The van der Waals surface area contributed by atoms with Gasteiger partial charge in [-0.1, -0.05) is 17.7 Å². The molecule has 1 aliphatic rings. The van der Waals surface area contributed by atoms with Crippen LogP contribution in [0, 0.1) is 11.6 Å². The molecule has 0 spiro atoms. The van der Waals surface area contributed by atoms with Crippen molar-refractivity contribution in [2.45, 2.75) is 13.0 Å². The lowest BCUT2D eigenvalue weighted by Crippen LogP contribution is -2.30. The lowest BCUT2D eigenvalue weighted by Gasteiger charge is -2.26. The van der Waals surface area contributed by atoms with Crippen LogP contribution in [0.15, 0.2) is 60.2 Å². The first kappa shape index (κ1) is 26.0. The van der Waals surface area contributed by atoms with Crippen molar-refractivity contribution >= 4 is 34.7 Å². The number of benzene rings is 3. The van der Waals surface area contributed by atoms with Crippen LogP contribution in [-0.2, 0) is 9.59 Å². The second kappa shape index (κ2) is 10.5. The zero-order valence-electron chi connectivity index (χ0n) is 20.1. The Morgan fingerprint density at radius 3 is 2.41 bits per heavy atom. The Hall–Kier alpha value is -4.11. The van der Waals surface area contributed by atoms with E-state index in [0.29, 0.717) is 28.9 Å². The average Bonchev–Trinajstić information content (AvgIpc) is 3.14. The molecule has 1 fully saturated rings. The molecule has 1 atom stereocenters. The molecule has 3 aromatic carbocycles. The number of anilines is 1. The summed E-state index contributed by atoms with van der Waals surface area (Å²) < 4.78 is 44.7. The molecule has 192 valence electrons.